The molecular weight excluding hydrogens is 100 g/mol. The molecule has 0 spiro atoms. The van der Waals surface area contributed by atoms with Crippen LogP contribution in [0.3, 0.4) is 0 Å². The van der Waals surface area contributed by atoms with Crippen molar-refractivity contribution in [1.82, 2.24) is 0 Å². The summed E-state index contributed by atoms with van der Waals surface area (Å²) in [5, 5.41) is 8.48. The Labute approximate surface area is 50.3 Å². The van der Waals surface area contributed by atoms with E-state index in [1.54, 1.807) is 6.08 Å². The molecule has 8 heavy (non-hydrogen) atoms. The van der Waals surface area contributed by atoms with Gasteiger partial charge < -0.3 is 5.11 Å². The predicted octanol–water partition coefficient (Wildman–Crippen LogP) is 1.36. The minimum atomic E-state index is 0.213. The molecule has 0 aliphatic carbocycles. The first-order valence-electron chi connectivity index (χ1n) is 2.71. The monoisotopic (exact) mass is 112 g/mol. The molecule has 1 N–H and O–H groups in total. The van der Waals surface area contributed by atoms with E-state index in [-0.39, 0.29) is 12.5 Å². The van der Waals surface area contributed by atoms with E-state index in [0.717, 1.165) is 0 Å². The number of rotatable bonds is 3. The fourth-order valence-corrected chi connectivity index (χ4v) is 0.329. The number of aliphatic hydroxyl groups excluding tert-OH is 1. The summed E-state index contributed by atoms with van der Waals surface area (Å²) < 4.78 is 0. The van der Waals surface area contributed by atoms with Gasteiger partial charge in [0, 0.05) is 6.61 Å². The van der Waals surface area contributed by atoms with Gasteiger partial charge in [0.2, 0.25) is 0 Å². The third-order valence-electron chi connectivity index (χ3n) is 0.864. The van der Waals surface area contributed by atoms with E-state index >= 15 is 0 Å². The van der Waals surface area contributed by atoms with Crippen LogP contribution in [0.1, 0.15) is 6.92 Å². The Balaban J connectivity index is 3.35. The third-order valence-corrected chi connectivity index (χ3v) is 0.864. The van der Waals surface area contributed by atoms with Crippen LogP contribution in [0.4, 0.5) is 0 Å². The van der Waals surface area contributed by atoms with Gasteiger partial charge in [0.15, 0.2) is 0 Å². The number of hydrogen-bond donors (Lipinski definition) is 1. The van der Waals surface area contributed by atoms with Crippen molar-refractivity contribution in [3.63, 3.8) is 0 Å². The van der Waals surface area contributed by atoms with Gasteiger partial charge in [-0.25, -0.2) is 0 Å². The lowest BCUT2D eigenvalue weighted by atomic mass is 10.2. The summed E-state index contributed by atoms with van der Waals surface area (Å²) in [6, 6.07) is 0. The third kappa shape index (κ3) is 3.62. The maximum absolute atomic E-state index is 8.48. The Hall–Kier alpha value is -0.560. The van der Waals surface area contributed by atoms with E-state index in [0.29, 0.717) is 0 Å². The van der Waals surface area contributed by atoms with Gasteiger partial charge in [0.05, 0.1) is 0 Å². The fraction of sp³-hybridized carbons (Fsp3) is 0.429. The minimum absolute atomic E-state index is 0.213. The summed E-state index contributed by atoms with van der Waals surface area (Å²) in [6.45, 7) is 5.66. The van der Waals surface area contributed by atoms with Crippen LogP contribution in [0.2, 0.25) is 0 Å². The van der Waals surface area contributed by atoms with E-state index < -0.39 is 0 Å². The molecule has 0 saturated carbocycles. The van der Waals surface area contributed by atoms with Crippen molar-refractivity contribution in [3.05, 3.63) is 24.8 Å². The van der Waals surface area contributed by atoms with Gasteiger partial charge in [0.1, 0.15) is 0 Å². The summed E-state index contributed by atoms with van der Waals surface area (Å²) in [5.41, 5.74) is 0. The second-order valence-corrected chi connectivity index (χ2v) is 1.78. The molecule has 0 aliphatic rings. The molecule has 1 nitrogen and oxygen atoms in total. The molecular formula is C7H12O. The van der Waals surface area contributed by atoms with Crippen molar-refractivity contribution in [3.8, 4) is 0 Å². The van der Waals surface area contributed by atoms with Crippen LogP contribution < -0.4 is 0 Å². The molecule has 1 atom stereocenters. The van der Waals surface area contributed by atoms with Gasteiger partial charge >= 0.3 is 0 Å². The van der Waals surface area contributed by atoms with Gasteiger partial charge in [-0.2, -0.15) is 0 Å². The molecule has 0 unspecified atom stereocenters. The molecule has 0 heterocycles. The molecule has 46 valence electrons. The number of aliphatic hydroxyl groups is 1. The maximum Gasteiger partial charge on any atom is 0.0491 e. The Bertz CT molecular complexity index is 84.4. The van der Waals surface area contributed by atoms with Crippen molar-refractivity contribution in [2.24, 2.45) is 5.92 Å². The fourth-order valence-electron chi connectivity index (χ4n) is 0.329. The summed E-state index contributed by atoms with van der Waals surface area (Å²) in [5.74, 6) is 0.257. The number of allylic oxidation sites excluding steroid dienone is 2. The molecule has 0 saturated heterocycles. The van der Waals surface area contributed by atoms with Crippen LogP contribution >= 0.6 is 0 Å². The zero-order valence-electron chi connectivity index (χ0n) is 5.17. The molecule has 1 heteroatoms. The average Bonchev–Trinajstić information content (AvgIpc) is 1.83. The summed E-state index contributed by atoms with van der Waals surface area (Å²) in [6.07, 6.45) is 5.44. The molecule has 0 bridgehead atoms. The number of hydrogen-bond acceptors (Lipinski definition) is 1. The first-order chi connectivity index (χ1) is 3.81. The maximum atomic E-state index is 8.48. The summed E-state index contributed by atoms with van der Waals surface area (Å²) in [7, 11) is 0. The Morgan fingerprint density at radius 1 is 1.75 bits per heavy atom. The zero-order valence-corrected chi connectivity index (χ0v) is 5.17. The SMILES string of the molecule is C=CC=C[C@H](C)CO. The predicted molar refractivity (Wildman–Crippen MR) is 35.6 cm³/mol. The first-order valence-corrected chi connectivity index (χ1v) is 2.71. The van der Waals surface area contributed by atoms with Gasteiger partial charge in [-0.15, -0.1) is 0 Å². The Kier molecular flexibility index (Phi) is 4.27. The van der Waals surface area contributed by atoms with Crippen molar-refractivity contribution in [1.29, 1.82) is 0 Å². The van der Waals surface area contributed by atoms with E-state index in [1.165, 1.54) is 0 Å². The van der Waals surface area contributed by atoms with Crippen LogP contribution in [0.15, 0.2) is 24.8 Å². The lowest BCUT2D eigenvalue weighted by Gasteiger charge is -1.95. The van der Waals surface area contributed by atoms with E-state index in [2.05, 4.69) is 6.58 Å². The van der Waals surface area contributed by atoms with Crippen LogP contribution in [0, 0.1) is 5.92 Å². The molecule has 0 radical (unpaired) electrons. The molecule has 0 aromatic rings. The van der Waals surface area contributed by atoms with Gasteiger partial charge in [-0.3, -0.25) is 0 Å². The molecule has 0 rings (SSSR count). The quantitative estimate of drug-likeness (QED) is 0.546. The van der Waals surface area contributed by atoms with Crippen LogP contribution in [0.5, 0.6) is 0 Å². The van der Waals surface area contributed by atoms with Crippen molar-refractivity contribution in [2.45, 2.75) is 6.92 Å². The van der Waals surface area contributed by atoms with Gasteiger partial charge in [0.25, 0.3) is 0 Å². The zero-order chi connectivity index (χ0) is 6.41. The second-order valence-electron chi connectivity index (χ2n) is 1.78. The largest absolute Gasteiger partial charge is 0.396 e. The van der Waals surface area contributed by atoms with E-state index in [4.69, 9.17) is 5.11 Å². The smallest absolute Gasteiger partial charge is 0.0491 e. The first kappa shape index (κ1) is 7.44. The van der Waals surface area contributed by atoms with Crippen molar-refractivity contribution >= 4 is 0 Å². The highest BCUT2D eigenvalue weighted by Gasteiger charge is 1.88. The van der Waals surface area contributed by atoms with Crippen LogP contribution in [-0.4, -0.2) is 11.7 Å². The topological polar surface area (TPSA) is 20.2 Å². The molecule has 0 aliphatic heterocycles. The minimum Gasteiger partial charge on any atom is -0.396 e. The Morgan fingerprint density at radius 3 is 2.75 bits per heavy atom. The Morgan fingerprint density at radius 2 is 2.38 bits per heavy atom. The molecule has 0 aromatic heterocycles. The molecule has 0 amide bonds. The lowest BCUT2D eigenvalue weighted by molar-refractivity contribution is 0.262. The highest BCUT2D eigenvalue weighted by Crippen LogP contribution is 1.93. The van der Waals surface area contributed by atoms with Crippen LogP contribution in [0.25, 0.3) is 0 Å². The highest BCUT2D eigenvalue weighted by molar-refractivity contribution is 4.98. The van der Waals surface area contributed by atoms with E-state index in [9.17, 15) is 0 Å². The summed E-state index contributed by atoms with van der Waals surface area (Å²) in [4.78, 5) is 0. The lowest BCUT2D eigenvalue weighted by Crippen LogP contribution is -1.93. The van der Waals surface area contributed by atoms with Gasteiger partial charge in [-0.1, -0.05) is 31.7 Å². The van der Waals surface area contributed by atoms with Gasteiger partial charge in [-0.05, 0) is 5.92 Å². The molecule has 0 fully saturated rings. The average molecular weight is 112 g/mol. The second kappa shape index (κ2) is 4.60. The van der Waals surface area contributed by atoms with Crippen molar-refractivity contribution < 1.29 is 5.11 Å². The standard InChI is InChI=1S/C7H12O/c1-3-4-5-7(2)6-8/h3-5,7-8H,1,6H2,2H3/t7-/m0/s1. The summed E-state index contributed by atoms with van der Waals surface area (Å²) >= 11 is 0. The van der Waals surface area contributed by atoms with Crippen molar-refractivity contribution in [2.75, 3.05) is 6.61 Å². The highest BCUT2D eigenvalue weighted by atomic mass is 16.3. The molecule has 0 aromatic carbocycles. The normalized spacial score (nSPS) is 14.2. The van der Waals surface area contributed by atoms with E-state index in [1.807, 2.05) is 19.1 Å². The van der Waals surface area contributed by atoms with Crippen LogP contribution in [-0.2, 0) is 0 Å².